The summed E-state index contributed by atoms with van der Waals surface area (Å²) in [5.41, 5.74) is 5.65. The van der Waals surface area contributed by atoms with Gasteiger partial charge in [0.05, 0.1) is 7.11 Å². The van der Waals surface area contributed by atoms with E-state index in [9.17, 15) is 9.90 Å². The standard InChI is InChI=1S/C33H40N2O4/c1-8-11-18-26-29(28-23(9-2)15-14-16-24(28)10-3)31(36)30(32(37)35-26)33(34-6)39-22(5)20-21(4)25-17-12-13-19-27(25)38-7/h12-17,19H,4-5,8-11,18,20H2,1-3,6-7H3,(H2,35,36,37). The van der Waals surface area contributed by atoms with Gasteiger partial charge in [-0.15, -0.1) is 0 Å². The average Bonchev–Trinajstić information content (AvgIpc) is 2.94. The number of aryl methyl sites for hydroxylation is 3. The zero-order valence-electron chi connectivity index (χ0n) is 23.8. The maximum atomic E-state index is 13.4. The molecule has 1 aromatic heterocycles. The Kier molecular flexibility index (Phi) is 10.3. The van der Waals surface area contributed by atoms with Crippen LogP contribution >= 0.6 is 0 Å². The van der Waals surface area contributed by atoms with Gasteiger partial charge in [0.25, 0.3) is 5.56 Å². The van der Waals surface area contributed by atoms with Crippen LogP contribution in [0, 0.1) is 0 Å². The molecule has 6 heteroatoms. The first-order valence-corrected chi connectivity index (χ1v) is 13.5. The zero-order chi connectivity index (χ0) is 28.5. The summed E-state index contributed by atoms with van der Waals surface area (Å²) in [5, 5.41) is 11.7. The van der Waals surface area contributed by atoms with Crippen molar-refractivity contribution in [3.63, 3.8) is 0 Å². The van der Waals surface area contributed by atoms with Crippen molar-refractivity contribution < 1.29 is 14.6 Å². The van der Waals surface area contributed by atoms with Crippen LogP contribution in [-0.4, -0.2) is 30.1 Å². The van der Waals surface area contributed by atoms with Crippen LogP contribution in [0.3, 0.4) is 0 Å². The van der Waals surface area contributed by atoms with E-state index in [2.05, 4.69) is 56.0 Å². The smallest absolute Gasteiger partial charge is 0.264 e. The molecule has 0 unspecified atom stereocenters. The molecule has 206 valence electrons. The quantitative estimate of drug-likeness (QED) is 0.147. The number of benzene rings is 2. The van der Waals surface area contributed by atoms with E-state index in [1.165, 1.54) is 7.05 Å². The number of aromatic amines is 1. The highest BCUT2D eigenvalue weighted by Gasteiger charge is 2.26. The van der Waals surface area contributed by atoms with Crippen LogP contribution < -0.4 is 10.3 Å². The van der Waals surface area contributed by atoms with Gasteiger partial charge in [-0.3, -0.25) is 9.79 Å². The summed E-state index contributed by atoms with van der Waals surface area (Å²) in [6, 6.07) is 13.7. The van der Waals surface area contributed by atoms with Crippen molar-refractivity contribution in [2.45, 2.75) is 59.3 Å². The van der Waals surface area contributed by atoms with Gasteiger partial charge in [0.15, 0.2) is 0 Å². The molecule has 2 N–H and O–H groups in total. The monoisotopic (exact) mass is 528 g/mol. The molecule has 0 saturated carbocycles. The Balaban J connectivity index is 2.07. The molecular formula is C33H40N2O4. The number of hydrogen-bond acceptors (Lipinski definition) is 5. The summed E-state index contributed by atoms with van der Waals surface area (Å²) in [7, 11) is 3.13. The molecule has 0 aliphatic heterocycles. The minimum absolute atomic E-state index is 0.00176. The Morgan fingerprint density at radius 1 is 1.00 bits per heavy atom. The largest absolute Gasteiger partial charge is 0.506 e. The first kappa shape index (κ1) is 29.5. The van der Waals surface area contributed by atoms with Gasteiger partial charge >= 0.3 is 0 Å². The van der Waals surface area contributed by atoms with Crippen LogP contribution in [0.1, 0.15) is 68.0 Å². The third kappa shape index (κ3) is 6.51. The van der Waals surface area contributed by atoms with Gasteiger partial charge in [-0.25, -0.2) is 0 Å². The molecule has 0 amide bonds. The van der Waals surface area contributed by atoms with E-state index >= 15 is 0 Å². The number of aliphatic imine (C=N–C) groups is 1. The summed E-state index contributed by atoms with van der Waals surface area (Å²) in [5.74, 6) is 0.909. The molecule has 6 nitrogen and oxygen atoms in total. The summed E-state index contributed by atoms with van der Waals surface area (Å²) in [6.45, 7) is 14.5. The molecule has 2 aromatic carbocycles. The third-order valence-corrected chi connectivity index (χ3v) is 6.85. The number of nitrogens with one attached hydrogen (secondary N) is 1. The summed E-state index contributed by atoms with van der Waals surface area (Å²) < 4.78 is 11.5. The van der Waals surface area contributed by atoms with E-state index in [0.29, 0.717) is 23.5 Å². The number of aromatic hydroxyl groups is 1. The normalized spacial score (nSPS) is 11.4. The van der Waals surface area contributed by atoms with E-state index in [1.54, 1.807) is 7.11 Å². The van der Waals surface area contributed by atoms with Crippen molar-refractivity contribution in [1.82, 2.24) is 4.98 Å². The Bertz CT molecular complexity index is 1410. The van der Waals surface area contributed by atoms with Gasteiger partial charge in [0, 0.05) is 30.3 Å². The molecular weight excluding hydrogens is 488 g/mol. The number of methoxy groups -OCH3 is 1. The van der Waals surface area contributed by atoms with Gasteiger partial charge in [-0.2, -0.15) is 0 Å². The van der Waals surface area contributed by atoms with E-state index in [0.717, 1.165) is 59.2 Å². The summed E-state index contributed by atoms with van der Waals surface area (Å²) in [6.07, 6.45) is 4.35. The summed E-state index contributed by atoms with van der Waals surface area (Å²) >= 11 is 0. The molecule has 3 rings (SSSR count). The second kappa shape index (κ2) is 13.7. The fourth-order valence-corrected chi connectivity index (χ4v) is 4.86. The first-order valence-electron chi connectivity index (χ1n) is 13.5. The Morgan fingerprint density at radius 3 is 2.26 bits per heavy atom. The molecule has 0 fully saturated rings. The molecule has 3 aromatic rings. The number of H-pyrrole nitrogens is 1. The van der Waals surface area contributed by atoms with Crippen molar-refractivity contribution >= 4 is 11.5 Å². The number of pyridine rings is 1. The minimum Gasteiger partial charge on any atom is -0.506 e. The van der Waals surface area contributed by atoms with Crippen LogP contribution in [0.15, 0.2) is 71.2 Å². The molecule has 0 radical (unpaired) electrons. The lowest BCUT2D eigenvalue weighted by Crippen LogP contribution is -2.23. The fraction of sp³-hybridized carbons (Fsp3) is 0.333. The van der Waals surface area contributed by atoms with Gasteiger partial charge < -0.3 is 19.6 Å². The fourth-order valence-electron chi connectivity index (χ4n) is 4.86. The lowest BCUT2D eigenvalue weighted by Gasteiger charge is -2.21. The Hall–Kier alpha value is -4.06. The lowest BCUT2D eigenvalue weighted by atomic mass is 9.88. The number of ether oxygens (including phenoxy) is 2. The van der Waals surface area contributed by atoms with Gasteiger partial charge in [0.1, 0.15) is 22.8 Å². The number of nitrogens with zero attached hydrogens (tertiary/aromatic N) is 1. The molecule has 0 saturated heterocycles. The van der Waals surface area contributed by atoms with Gasteiger partial charge in [0.2, 0.25) is 5.90 Å². The SMILES string of the molecule is C=C(CC(=C)c1ccccc1OC)OC(=NC)c1c(O)c(-c2c(CC)cccc2CC)c(CCCC)[nH]c1=O. The van der Waals surface area contributed by atoms with Crippen molar-refractivity contribution in [2.24, 2.45) is 4.99 Å². The maximum absolute atomic E-state index is 13.4. The first-order chi connectivity index (χ1) is 18.8. The van der Waals surface area contributed by atoms with Crippen LogP contribution in [0.5, 0.6) is 11.5 Å². The van der Waals surface area contributed by atoms with Crippen LogP contribution in [-0.2, 0) is 24.0 Å². The van der Waals surface area contributed by atoms with Crippen LogP contribution in [0.4, 0.5) is 0 Å². The van der Waals surface area contributed by atoms with E-state index < -0.39 is 5.56 Å². The molecule has 0 spiro atoms. The van der Waals surface area contributed by atoms with Crippen molar-refractivity contribution in [2.75, 3.05) is 14.2 Å². The number of allylic oxidation sites excluding steroid dienone is 1. The number of hydrogen-bond donors (Lipinski definition) is 2. The topological polar surface area (TPSA) is 83.9 Å². The number of rotatable bonds is 12. The highest BCUT2D eigenvalue weighted by Crippen LogP contribution is 2.39. The maximum Gasteiger partial charge on any atom is 0.264 e. The van der Waals surface area contributed by atoms with Crippen LogP contribution in [0.25, 0.3) is 16.7 Å². The molecule has 0 bridgehead atoms. The number of unbranched alkanes of at least 4 members (excludes halogenated alkanes) is 1. The zero-order valence-corrected chi connectivity index (χ0v) is 23.8. The Labute approximate surface area is 231 Å². The van der Waals surface area contributed by atoms with Crippen molar-refractivity contribution in [3.8, 4) is 22.6 Å². The molecule has 39 heavy (non-hydrogen) atoms. The van der Waals surface area contributed by atoms with Gasteiger partial charge in [-0.05, 0) is 54.0 Å². The van der Waals surface area contributed by atoms with E-state index in [1.807, 2.05) is 30.3 Å². The molecule has 0 aliphatic carbocycles. The molecule has 0 aliphatic rings. The second-order valence-corrected chi connectivity index (χ2v) is 9.44. The lowest BCUT2D eigenvalue weighted by molar-refractivity contribution is 0.402. The minimum atomic E-state index is -0.452. The molecule has 0 atom stereocenters. The van der Waals surface area contributed by atoms with Crippen molar-refractivity contribution in [1.29, 1.82) is 0 Å². The second-order valence-electron chi connectivity index (χ2n) is 9.44. The number of aromatic nitrogens is 1. The van der Waals surface area contributed by atoms with Crippen LogP contribution in [0.2, 0.25) is 0 Å². The van der Waals surface area contributed by atoms with E-state index in [4.69, 9.17) is 9.47 Å². The van der Waals surface area contributed by atoms with E-state index in [-0.39, 0.29) is 23.6 Å². The highest BCUT2D eigenvalue weighted by atomic mass is 16.5. The Morgan fingerprint density at radius 2 is 1.67 bits per heavy atom. The van der Waals surface area contributed by atoms with Gasteiger partial charge in [-0.1, -0.05) is 76.7 Å². The average molecular weight is 529 g/mol. The predicted molar refractivity (Wildman–Crippen MR) is 161 cm³/mol. The predicted octanol–water partition coefficient (Wildman–Crippen LogP) is 7.23. The third-order valence-electron chi connectivity index (χ3n) is 6.85. The molecule has 1 heterocycles. The number of para-hydroxylation sites is 1. The summed E-state index contributed by atoms with van der Waals surface area (Å²) in [4.78, 5) is 20.7. The highest BCUT2D eigenvalue weighted by molar-refractivity contribution is 6.00. The van der Waals surface area contributed by atoms with Crippen molar-refractivity contribution in [3.05, 3.63) is 99.7 Å².